The van der Waals surface area contributed by atoms with Crippen molar-refractivity contribution in [1.82, 2.24) is 10.6 Å². The van der Waals surface area contributed by atoms with Crippen LogP contribution < -0.4 is 15.4 Å². The van der Waals surface area contributed by atoms with E-state index < -0.39 is 12.8 Å². The molecule has 0 aliphatic rings. The number of alkyl halides is 3. The van der Waals surface area contributed by atoms with Crippen molar-refractivity contribution in [2.75, 3.05) is 19.7 Å². The molecule has 0 aliphatic carbocycles. The monoisotopic (exact) mass is 317 g/mol. The van der Waals surface area contributed by atoms with E-state index in [1.165, 1.54) is 0 Å². The SMILES string of the molecule is CCNC(=NCc1ccc(C)cc1OCC(F)(F)F)NCC. The Morgan fingerprint density at radius 3 is 2.36 bits per heavy atom. The first-order valence-corrected chi connectivity index (χ1v) is 7.17. The van der Waals surface area contributed by atoms with Gasteiger partial charge in [0.1, 0.15) is 5.75 Å². The van der Waals surface area contributed by atoms with E-state index in [1.54, 1.807) is 19.1 Å². The van der Waals surface area contributed by atoms with E-state index in [0.29, 0.717) is 24.6 Å². The van der Waals surface area contributed by atoms with Gasteiger partial charge in [-0.05, 0) is 32.4 Å². The number of aryl methyl sites for hydroxylation is 1. The molecule has 0 unspecified atom stereocenters. The highest BCUT2D eigenvalue weighted by Gasteiger charge is 2.28. The molecule has 124 valence electrons. The lowest BCUT2D eigenvalue weighted by Gasteiger charge is -2.14. The lowest BCUT2D eigenvalue weighted by Crippen LogP contribution is -2.37. The van der Waals surface area contributed by atoms with Crippen LogP contribution in [0.3, 0.4) is 0 Å². The Kier molecular flexibility index (Phi) is 7.01. The first kappa shape index (κ1) is 18.1. The van der Waals surface area contributed by atoms with Crippen molar-refractivity contribution in [1.29, 1.82) is 0 Å². The minimum Gasteiger partial charge on any atom is -0.484 e. The van der Waals surface area contributed by atoms with Crippen molar-refractivity contribution in [3.05, 3.63) is 29.3 Å². The summed E-state index contributed by atoms with van der Waals surface area (Å²) in [7, 11) is 0. The number of rotatable bonds is 6. The van der Waals surface area contributed by atoms with E-state index in [-0.39, 0.29) is 12.3 Å². The van der Waals surface area contributed by atoms with Gasteiger partial charge in [0.15, 0.2) is 12.6 Å². The van der Waals surface area contributed by atoms with Crippen LogP contribution in [0.25, 0.3) is 0 Å². The van der Waals surface area contributed by atoms with Crippen LogP contribution in [-0.4, -0.2) is 31.8 Å². The van der Waals surface area contributed by atoms with Gasteiger partial charge in [0.25, 0.3) is 0 Å². The topological polar surface area (TPSA) is 45.7 Å². The van der Waals surface area contributed by atoms with E-state index in [9.17, 15) is 13.2 Å². The van der Waals surface area contributed by atoms with Crippen LogP contribution in [0.1, 0.15) is 25.0 Å². The zero-order valence-corrected chi connectivity index (χ0v) is 13.0. The maximum absolute atomic E-state index is 12.3. The minimum atomic E-state index is -4.36. The number of nitrogens with one attached hydrogen (secondary N) is 2. The summed E-state index contributed by atoms with van der Waals surface area (Å²) < 4.78 is 41.8. The third kappa shape index (κ3) is 6.69. The Labute approximate surface area is 128 Å². The molecular weight excluding hydrogens is 295 g/mol. The molecule has 0 amide bonds. The molecule has 0 aliphatic heterocycles. The third-order valence-corrected chi connectivity index (χ3v) is 2.71. The van der Waals surface area contributed by atoms with Crippen molar-refractivity contribution in [2.24, 2.45) is 4.99 Å². The predicted octanol–water partition coefficient (Wildman–Crippen LogP) is 3.01. The molecule has 0 radical (unpaired) electrons. The van der Waals surface area contributed by atoms with Crippen molar-refractivity contribution >= 4 is 5.96 Å². The molecule has 0 aromatic heterocycles. The Morgan fingerprint density at radius 1 is 1.18 bits per heavy atom. The van der Waals surface area contributed by atoms with Crippen molar-refractivity contribution in [3.8, 4) is 5.75 Å². The molecule has 1 rings (SSSR count). The zero-order valence-electron chi connectivity index (χ0n) is 13.0. The normalized spacial score (nSPS) is 11.0. The number of nitrogens with zero attached hydrogens (tertiary/aromatic N) is 1. The van der Waals surface area contributed by atoms with Crippen LogP contribution in [0.15, 0.2) is 23.2 Å². The summed E-state index contributed by atoms with van der Waals surface area (Å²) in [4.78, 5) is 4.34. The molecular formula is C15H22F3N3O. The second kappa shape index (κ2) is 8.51. The van der Waals surface area contributed by atoms with Gasteiger partial charge in [0, 0.05) is 18.7 Å². The van der Waals surface area contributed by atoms with Gasteiger partial charge in [-0.1, -0.05) is 12.1 Å². The Balaban J connectivity index is 2.86. The second-order valence-corrected chi connectivity index (χ2v) is 4.74. The maximum atomic E-state index is 12.3. The first-order valence-electron chi connectivity index (χ1n) is 7.17. The van der Waals surface area contributed by atoms with Crippen molar-refractivity contribution < 1.29 is 17.9 Å². The molecule has 0 spiro atoms. The average Bonchev–Trinajstić information content (AvgIpc) is 2.43. The molecule has 22 heavy (non-hydrogen) atoms. The Morgan fingerprint density at radius 2 is 1.82 bits per heavy atom. The molecule has 0 atom stereocenters. The number of ether oxygens (including phenoxy) is 1. The highest BCUT2D eigenvalue weighted by molar-refractivity contribution is 5.79. The highest BCUT2D eigenvalue weighted by atomic mass is 19.4. The number of hydrogen-bond acceptors (Lipinski definition) is 2. The summed E-state index contributed by atoms with van der Waals surface area (Å²) in [6.07, 6.45) is -4.36. The largest absolute Gasteiger partial charge is 0.484 e. The second-order valence-electron chi connectivity index (χ2n) is 4.74. The first-order chi connectivity index (χ1) is 10.4. The van der Waals surface area contributed by atoms with Crippen LogP contribution in [0, 0.1) is 6.92 Å². The van der Waals surface area contributed by atoms with E-state index in [0.717, 1.165) is 5.56 Å². The van der Waals surface area contributed by atoms with Gasteiger partial charge < -0.3 is 15.4 Å². The zero-order chi connectivity index (χ0) is 16.6. The minimum absolute atomic E-state index is 0.216. The molecule has 1 aromatic rings. The van der Waals surface area contributed by atoms with Crippen LogP contribution in [0.5, 0.6) is 5.75 Å². The van der Waals surface area contributed by atoms with Crippen LogP contribution in [-0.2, 0) is 6.54 Å². The summed E-state index contributed by atoms with van der Waals surface area (Å²) in [6.45, 7) is 6.03. The van der Waals surface area contributed by atoms with Gasteiger partial charge in [-0.3, -0.25) is 0 Å². The summed E-state index contributed by atoms with van der Waals surface area (Å²) in [5.41, 5.74) is 1.45. The number of aliphatic imine (C=N–C) groups is 1. The smallest absolute Gasteiger partial charge is 0.422 e. The predicted molar refractivity (Wildman–Crippen MR) is 81.2 cm³/mol. The molecule has 0 saturated carbocycles. The van der Waals surface area contributed by atoms with E-state index >= 15 is 0 Å². The quantitative estimate of drug-likeness (QED) is 0.626. The number of benzene rings is 1. The van der Waals surface area contributed by atoms with Gasteiger partial charge in [-0.25, -0.2) is 4.99 Å². The third-order valence-electron chi connectivity index (χ3n) is 2.71. The fourth-order valence-electron chi connectivity index (χ4n) is 1.76. The molecule has 0 fully saturated rings. The Hall–Kier alpha value is -1.92. The van der Waals surface area contributed by atoms with Gasteiger partial charge >= 0.3 is 6.18 Å². The standard InChI is InChI=1S/C15H22F3N3O/c1-4-19-14(20-5-2)21-9-12-7-6-11(3)8-13(12)22-10-15(16,17)18/h6-8H,4-5,9-10H2,1-3H3,(H2,19,20,21). The highest BCUT2D eigenvalue weighted by Crippen LogP contribution is 2.24. The van der Waals surface area contributed by atoms with E-state index in [1.807, 2.05) is 19.9 Å². The number of guanidine groups is 1. The maximum Gasteiger partial charge on any atom is 0.422 e. The summed E-state index contributed by atoms with van der Waals surface area (Å²) in [5.74, 6) is 0.834. The van der Waals surface area contributed by atoms with Crippen molar-refractivity contribution in [2.45, 2.75) is 33.5 Å². The number of hydrogen-bond donors (Lipinski definition) is 2. The van der Waals surface area contributed by atoms with Crippen LogP contribution in [0.2, 0.25) is 0 Å². The summed E-state index contributed by atoms with van der Waals surface area (Å²) in [5, 5.41) is 6.12. The average molecular weight is 317 g/mol. The summed E-state index contributed by atoms with van der Waals surface area (Å²) >= 11 is 0. The lowest BCUT2D eigenvalue weighted by atomic mass is 10.1. The van der Waals surface area contributed by atoms with E-state index in [2.05, 4.69) is 15.6 Å². The Bertz CT molecular complexity index is 493. The van der Waals surface area contributed by atoms with Gasteiger partial charge in [0.2, 0.25) is 0 Å². The molecule has 7 heteroatoms. The van der Waals surface area contributed by atoms with Crippen molar-refractivity contribution in [3.63, 3.8) is 0 Å². The fraction of sp³-hybridized carbons (Fsp3) is 0.533. The van der Waals surface area contributed by atoms with Gasteiger partial charge in [0.05, 0.1) is 6.54 Å². The van der Waals surface area contributed by atoms with Crippen LogP contribution >= 0.6 is 0 Å². The summed E-state index contributed by atoms with van der Waals surface area (Å²) in [6, 6.07) is 5.16. The molecule has 1 aromatic carbocycles. The lowest BCUT2D eigenvalue weighted by molar-refractivity contribution is -0.153. The van der Waals surface area contributed by atoms with Gasteiger partial charge in [-0.15, -0.1) is 0 Å². The van der Waals surface area contributed by atoms with Gasteiger partial charge in [-0.2, -0.15) is 13.2 Å². The molecule has 0 bridgehead atoms. The molecule has 0 heterocycles. The molecule has 2 N–H and O–H groups in total. The van der Waals surface area contributed by atoms with E-state index in [4.69, 9.17) is 4.74 Å². The molecule has 0 saturated heterocycles. The fourth-order valence-corrected chi connectivity index (χ4v) is 1.76. The molecule has 4 nitrogen and oxygen atoms in total. The number of halogens is 3. The van der Waals surface area contributed by atoms with Crippen LogP contribution in [0.4, 0.5) is 13.2 Å².